The van der Waals surface area contributed by atoms with E-state index in [1.165, 1.54) is 17.6 Å². The lowest BCUT2D eigenvalue weighted by Gasteiger charge is -2.18. The van der Waals surface area contributed by atoms with Crippen LogP contribution in [0, 0.1) is 12.8 Å². The van der Waals surface area contributed by atoms with Crippen molar-refractivity contribution in [2.24, 2.45) is 11.0 Å². The summed E-state index contributed by atoms with van der Waals surface area (Å²) in [6.07, 6.45) is 3.83. The monoisotopic (exact) mass is 512 g/mol. The van der Waals surface area contributed by atoms with Crippen molar-refractivity contribution in [1.82, 2.24) is 10.4 Å². The van der Waals surface area contributed by atoms with E-state index in [1.54, 1.807) is 13.0 Å². The average Bonchev–Trinajstić information content (AvgIpc) is 3.16. The second-order valence-corrected chi connectivity index (χ2v) is 9.96. The van der Waals surface area contributed by atoms with Crippen molar-refractivity contribution in [2.75, 3.05) is 11.9 Å². The van der Waals surface area contributed by atoms with E-state index in [0.29, 0.717) is 22.0 Å². The first-order chi connectivity index (χ1) is 16.8. The Kier molecular flexibility index (Phi) is 7.47. The minimum atomic E-state index is -0.976. The van der Waals surface area contributed by atoms with E-state index >= 15 is 0 Å². The van der Waals surface area contributed by atoms with Crippen LogP contribution in [0.2, 0.25) is 5.15 Å². The summed E-state index contributed by atoms with van der Waals surface area (Å²) in [7, 11) is 0. The molecule has 3 aromatic rings. The third-order valence-electron chi connectivity index (χ3n) is 5.75. The van der Waals surface area contributed by atoms with Crippen molar-refractivity contribution in [1.29, 1.82) is 0 Å². The first-order valence-corrected chi connectivity index (χ1v) is 12.5. The van der Waals surface area contributed by atoms with Crippen LogP contribution in [0.1, 0.15) is 52.2 Å². The molecule has 1 aromatic carbocycles. The van der Waals surface area contributed by atoms with Gasteiger partial charge in [-0.05, 0) is 62.3 Å². The molecule has 2 heterocycles. The van der Waals surface area contributed by atoms with E-state index in [4.69, 9.17) is 16.3 Å². The van der Waals surface area contributed by atoms with Crippen molar-refractivity contribution in [3.8, 4) is 0 Å². The van der Waals surface area contributed by atoms with Gasteiger partial charge in [0.2, 0.25) is 0 Å². The predicted octanol–water partition coefficient (Wildman–Crippen LogP) is 4.65. The molecule has 10 heteroatoms. The lowest BCUT2D eigenvalue weighted by molar-refractivity contribution is -0.136. The lowest BCUT2D eigenvalue weighted by Crippen LogP contribution is -2.32. The van der Waals surface area contributed by atoms with Crippen molar-refractivity contribution in [2.45, 2.75) is 40.0 Å². The Morgan fingerprint density at radius 1 is 1.29 bits per heavy atom. The summed E-state index contributed by atoms with van der Waals surface area (Å²) in [6.45, 7) is 6.05. The van der Waals surface area contributed by atoms with E-state index < -0.39 is 17.8 Å². The SMILES string of the molecule is CCOC(=O)c1c(NC(=O)C(=O)NN=Cc2cc3ccc(C)cc3nc2Cl)sc2c1CCC(C)C2. The van der Waals surface area contributed by atoms with Gasteiger partial charge in [-0.1, -0.05) is 30.7 Å². The number of thiophene rings is 1. The molecule has 182 valence electrons. The summed E-state index contributed by atoms with van der Waals surface area (Å²) < 4.78 is 5.20. The number of benzene rings is 1. The zero-order valence-corrected chi connectivity index (χ0v) is 21.2. The highest BCUT2D eigenvalue weighted by atomic mass is 35.5. The van der Waals surface area contributed by atoms with Crippen LogP contribution in [-0.4, -0.2) is 35.6 Å². The van der Waals surface area contributed by atoms with E-state index in [-0.39, 0.29) is 11.8 Å². The lowest BCUT2D eigenvalue weighted by atomic mass is 9.88. The molecule has 0 bridgehead atoms. The number of carbonyl (C=O) groups excluding carboxylic acids is 3. The van der Waals surface area contributed by atoms with Gasteiger partial charge in [-0.25, -0.2) is 15.2 Å². The Hall–Kier alpha value is -3.30. The highest BCUT2D eigenvalue weighted by molar-refractivity contribution is 7.17. The molecule has 0 radical (unpaired) electrons. The molecule has 1 aliphatic carbocycles. The Bertz CT molecular complexity index is 1350. The minimum Gasteiger partial charge on any atom is -0.462 e. The number of rotatable bonds is 5. The maximum absolute atomic E-state index is 12.6. The number of anilines is 1. The van der Waals surface area contributed by atoms with Gasteiger partial charge in [0.05, 0.1) is 23.9 Å². The molecule has 1 atom stereocenters. The van der Waals surface area contributed by atoms with Crippen LogP contribution in [0.15, 0.2) is 29.4 Å². The maximum atomic E-state index is 12.6. The van der Waals surface area contributed by atoms with Gasteiger partial charge in [-0.2, -0.15) is 5.10 Å². The second-order valence-electron chi connectivity index (χ2n) is 8.49. The van der Waals surface area contributed by atoms with Crippen molar-refractivity contribution in [3.05, 3.63) is 56.5 Å². The van der Waals surface area contributed by atoms with Crippen molar-refractivity contribution >= 4 is 62.8 Å². The van der Waals surface area contributed by atoms with E-state index in [9.17, 15) is 14.4 Å². The summed E-state index contributed by atoms with van der Waals surface area (Å²) in [5, 5.41) is 7.84. The van der Waals surface area contributed by atoms with Gasteiger partial charge in [0.15, 0.2) is 0 Å². The number of nitrogens with one attached hydrogen (secondary N) is 2. The summed E-state index contributed by atoms with van der Waals surface area (Å²) in [5.41, 5.74) is 5.74. The van der Waals surface area contributed by atoms with Gasteiger partial charge in [0, 0.05) is 15.8 Å². The van der Waals surface area contributed by atoms with E-state index in [0.717, 1.165) is 46.2 Å². The molecule has 2 amide bonds. The third kappa shape index (κ3) is 5.52. The zero-order chi connectivity index (χ0) is 25.1. The number of amides is 2. The molecule has 0 aliphatic heterocycles. The summed E-state index contributed by atoms with van der Waals surface area (Å²) >= 11 is 7.55. The summed E-state index contributed by atoms with van der Waals surface area (Å²) in [5.74, 6) is -1.92. The number of carbonyl (C=O) groups is 3. The van der Waals surface area contributed by atoms with Gasteiger partial charge < -0.3 is 10.1 Å². The molecule has 2 aromatic heterocycles. The Balaban J connectivity index is 1.47. The number of hydrogen-bond donors (Lipinski definition) is 2. The predicted molar refractivity (Wildman–Crippen MR) is 137 cm³/mol. The quantitative estimate of drug-likeness (QED) is 0.170. The molecule has 0 saturated heterocycles. The highest BCUT2D eigenvalue weighted by Gasteiger charge is 2.30. The fraction of sp³-hybridized carbons (Fsp3) is 0.320. The fourth-order valence-electron chi connectivity index (χ4n) is 3.99. The Labute approximate surface area is 211 Å². The zero-order valence-electron chi connectivity index (χ0n) is 19.6. The molecule has 1 unspecified atom stereocenters. The molecule has 4 rings (SSSR count). The smallest absolute Gasteiger partial charge is 0.341 e. The van der Waals surface area contributed by atoms with Crippen LogP contribution in [0.5, 0.6) is 0 Å². The minimum absolute atomic E-state index is 0.217. The number of esters is 1. The molecule has 2 N–H and O–H groups in total. The van der Waals surface area contributed by atoms with Crippen molar-refractivity contribution < 1.29 is 19.1 Å². The number of halogens is 1. The van der Waals surface area contributed by atoms with E-state index in [1.807, 2.05) is 25.1 Å². The number of hydrogen-bond acceptors (Lipinski definition) is 7. The van der Waals surface area contributed by atoms with Crippen molar-refractivity contribution in [3.63, 3.8) is 0 Å². The summed E-state index contributed by atoms with van der Waals surface area (Å²) in [4.78, 5) is 42.9. The van der Waals surface area contributed by atoms with Crippen LogP contribution in [0.25, 0.3) is 10.9 Å². The first kappa shape index (κ1) is 24.8. The van der Waals surface area contributed by atoms with Gasteiger partial charge in [-0.3, -0.25) is 9.59 Å². The molecule has 0 fully saturated rings. The largest absolute Gasteiger partial charge is 0.462 e. The molecule has 1 aliphatic rings. The molecule has 0 saturated carbocycles. The molecular formula is C25H25ClN4O4S. The van der Waals surface area contributed by atoms with Crippen LogP contribution < -0.4 is 10.7 Å². The third-order valence-corrected chi connectivity index (χ3v) is 7.22. The number of aryl methyl sites for hydroxylation is 1. The average molecular weight is 513 g/mol. The number of hydrazone groups is 1. The standard InChI is InChI=1S/C25H25ClN4O4S/c1-4-34-25(33)20-17-8-6-14(3)10-19(17)35-24(20)29-22(31)23(32)30-27-12-16-11-15-7-5-13(2)9-18(15)28-21(16)26/h5,7,9,11-12,14H,4,6,8,10H2,1-3H3,(H,29,31)(H,30,32). The molecular weight excluding hydrogens is 488 g/mol. The van der Waals surface area contributed by atoms with Crippen LogP contribution in [0.3, 0.4) is 0 Å². The number of ether oxygens (including phenoxy) is 1. The van der Waals surface area contributed by atoms with Crippen LogP contribution in [-0.2, 0) is 27.2 Å². The molecule has 8 nitrogen and oxygen atoms in total. The fourth-order valence-corrected chi connectivity index (χ4v) is 5.58. The topological polar surface area (TPSA) is 110 Å². The molecule has 0 spiro atoms. The first-order valence-electron chi connectivity index (χ1n) is 11.3. The number of aromatic nitrogens is 1. The second kappa shape index (κ2) is 10.5. The van der Waals surface area contributed by atoms with Gasteiger partial charge in [0.1, 0.15) is 10.2 Å². The van der Waals surface area contributed by atoms with Gasteiger partial charge >= 0.3 is 17.8 Å². The van der Waals surface area contributed by atoms with Gasteiger partial charge in [0.25, 0.3) is 0 Å². The normalized spacial score (nSPS) is 15.1. The Morgan fingerprint density at radius 3 is 2.86 bits per heavy atom. The maximum Gasteiger partial charge on any atom is 0.341 e. The Morgan fingerprint density at radius 2 is 2.09 bits per heavy atom. The number of pyridine rings is 1. The number of fused-ring (bicyclic) bond motifs is 2. The van der Waals surface area contributed by atoms with Crippen LogP contribution >= 0.6 is 22.9 Å². The highest BCUT2D eigenvalue weighted by Crippen LogP contribution is 2.40. The van der Waals surface area contributed by atoms with Crippen LogP contribution in [0.4, 0.5) is 5.00 Å². The van der Waals surface area contributed by atoms with Gasteiger partial charge in [-0.15, -0.1) is 11.3 Å². The molecule has 35 heavy (non-hydrogen) atoms. The van der Waals surface area contributed by atoms with E-state index in [2.05, 4.69) is 27.8 Å². The number of nitrogens with zero attached hydrogens (tertiary/aromatic N) is 2. The summed E-state index contributed by atoms with van der Waals surface area (Å²) in [6, 6.07) is 7.59.